The van der Waals surface area contributed by atoms with Crippen LogP contribution in [-0.2, 0) is 9.53 Å². The number of hydrogen-bond donors (Lipinski definition) is 1. The zero-order chi connectivity index (χ0) is 36.8. The average Bonchev–Trinajstić information content (AvgIpc) is 3.14. The number of aliphatic hydroxyl groups excluding tert-OH is 1. The predicted octanol–water partition coefficient (Wildman–Crippen LogP) is 16.0. The smallest absolute Gasteiger partial charge is 0.305 e. The number of allylic oxidation sites excluding steroid dienone is 6. The normalized spacial score (nSPS) is 12.0. The number of ether oxygens (including phenoxy) is 1. The van der Waals surface area contributed by atoms with Crippen molar-refractivity contribution in [3.63, 3.8) is 0 Å². The largest absolute Gasteiger partial charge is 0.466 e. The number of aliphatic hydroxyl groups is 1. The van der Waals surface area contributed by atoms with Gasteiger partial charge in [-0.15, -0.1) is 0 Å². The third-order valence-electron chi connectivity index (χ3n) is 10.3. The molecule has 0 heterocycles. The summed E-state index contributed by atoms with van der Waals surface area (Å²) >= 11 is 0. The fourth-order valence-electron chi connectivity index (χ4n) is 6.96. The molecule has 0 radical (unpaired) electrons. The molecule has 300 valence electrons. The first-order valence-corrected chi connectivity index (χ1v) is 23.0. The summed E-state index contributed by atoms with van der Waals surface area (Å²) in [5.74, 6) is 0.00688. The monoisotopic (exact) mass is 715 g/mol. The lowest BCUT2D eigenvalue weighted by Crippen LogP contribution is -2.05. The van der Waals surface area contributed by atoms with Crippen LogP contribution in [0, 0.1) is 0 Å². The van der Waals surface area contributed by atoms with E-state index in [4.69, 9.17) is 9.84 Å². The lowest BCUT2D eigenvalue weighted by molar-refractivity contribution is -0.143. The van der Waals surface area contributed by atoms with Crippen LogP contribution in [0.25, 0.3) is 0 Å². The van der Waals surface area contributed by atoms with Crippen molar-refractivity contribution in [2.75, 3.05) is 13.2 Å². The van der Waals surface area contributed by atoms with Gasteiger partial charge in [-0.05, 0) is 51.4 Å². The number of unbranched alkanes of at least 4 members (excludes halogenated alkanes) is 32. The minimum absolute atomic E-state index is 0.00688. The van der Waals surface area contributed by atoms with Crippen molar-refractivity contribution < 1.29 is 14.6 Å². The van der Waals surface area contributed by atoms with Crippen molar-refractivity contribution in [1.82, 2.24) is 0 Å². The summed E-state index contributed by atoms with van der Waals surface area (Å²) in [5, 5.41) is 8.81. The Bertz CT molecular complexity index is 739. The van der Waals surface area contributed by atoms with E-state index >= 15 is 0 Å². The Kier molecular flexibility index (Phi) is 45.4. The van der Waals surface area contributed by atoms with Gasteiger partial charge in [0.2, 0.25) is 0 Å². The Labute approximate surface area is 320 Å². The lowest BCUT2D eigenvalue weighted by atomic mass is 10.0. The molecule has 0 spiro atoms. The molecule has 1 N–H and O–H groups in total. The van der Waals surface area contributed by atoms with E-state index in [0.717, 1.165) is 44.9 Å². The lowest BCUT2D eigenvalue weighted by Gasteiger charge is -2.06. The van der Waals surface area contributed by atoms with Crippen LogP contribution in [0.3, 0.4) is 0 Å². The standard InChI is InChI=1S/C48H90O3/c1-2-3-4-5-6-7-8-9-24-27-30-33-36-39-42-45-48(50)51-47-44-41-38-35-32-29-26-23-21-19-17-15-13-11-10-12-14-16-18-20-22-25-28-31-34-37-40-43-46-49/h3-4,6-7,9,24,49H,2,5,8,10-23,25-47H2,1H3/b4-3-,7-6-,24-9-. The van der Waals surface area contributed by atoms with Gasteiger partial charge in [0, 0.05) is 13.0 Å². The van der Waals surface area contributed by atoms with E-state index in [2.05, 4.69) is 43.4 Å². The quantitative estimate of drug-likeness (QED) is 0.0388. The molecule has 0 saturated carbocycles. The van der Waals surface area contributed by atoms with E-state index in [9.17, 15) is 4.79 Å². The molecule has 0 aliphatic carbocycles. The molecule has 0 aromatic rings. The number of carbonyl (C=O) groups is 1. The molecular formula is C48H90O3. The van der Waals surface area contributed by atoms with E-state index < -0.39 is 0 Å². The topological polar surface area (TPSA) is 46.5 Å². The van der Waals surface area contributed by atoms with Crippen LogP contribution < -0.4 is 0 Å². The van der Waals surface area contributed by atoms with E-state index in [1.165, 1.54) is 193 Å². The summed E-state index contributed by atoms with van der Waals surface area (Å²) in [6.45, 7) is 3.15. The molecule has 0 unspecified atom stereocenters. The first-order chi connectivity index (χ1) is 25.3. The SMILES string of the molecule is CC/C=C\C/C=C\C/C=C\CCCCCCCC(=O)OCCCCCCCCCCCCCCCCCCCCCCCCCCCCCCO. The highest BCUT2D eigenvalue weighted by molar-refractivity contribution is 5.69. The molecule has 3 heteroatoms. The molecule has 3 nitrogen and oxygen atoms in total. The summed E-state index contributed by atoms with van der Waals surface area (Å²) in [5.41, 5.74) is 0. The summed E-state index contributed by atoms with van der Waals surface area (Å²) in [6.07, 6.45) is 62.7. The van der Waals surface area contributed by atoms with E-state index in [1.54, 1.807) is 0 Å². The first-order valence-electron chi connectivity index (χ1n) is 23.0. The van der Waals surface area contributed by atoms with Crippen molar-refractivity contribution in [3.8, 4) is 0 Å². The highest BCUT2D eigenvalue weighted by Gasteiger charge is 2.03. The summed E-state index contributed by atoms with van der Waals surface area (Å²) in [7, 11) is 0. The fourth-order valence-corrected chi connectivity index (χ4v) is 6.96. The predicted molar refractivity (Wildman–Crippen MR) is 227 cm³/mol. The molecule has 0 aliphatic heterocycles. The van der Waals surface area contributed by atoms with Crippen LogP contribution in [0.4, 0.5) is 0 Å². The molecule has 0 bridgehead atoms. The van der Waals surface area contributed by atoms with Crippen molar-refractivity contribution in [1.29, 1.82) is 0 Å². The maximum Gasteiger partial charge on any atom is 0.305 e. The maximum absolute atomic E-state index is 12.0. The van der Waals surface area contributed by atoms with E-state index in [0.29, 0.717) is 19.6 Å². The molecule has 0 aliphatic rings. The van der Waals surface area contributed by atoms with Gasteiger partial charge >= 0.3 is 5.97 Å². The van der Waals surface area contributed by atoms with Gasteiger partial charge in [0.15, 0.2) is 0 Å². The Balaban J connectivity index is 3.18. The van der Waals surface area contributed by atoms with Gasteiger partial charge in [0.1, 0.15) is 0 Å². The summed E-state index contributed by atoms with van der Waals surface area (Å²) < 4.78 is 5.46. The minimum Gasteiger partial charge on any atom is -0.466 e. The molecule has 51 heavy (non-hydrogen) atoms. The Morgan fingerprint density at radius 2 is 0.706 bits per heavy atom. The molecule has 0 rings (SSSR count). The summed E-state index contributed by atoms with van der Waals surface area (Å²) in [4.78, 5) is 12.0. The van der Waals surface area contributed by atoms with Crippen LogP contribution >= 0.6 is 0 Å². The molecule has 0 saturated heterocycles. The van der Waals surface area contributed by atoms with Crippen LogP contribution in [0.1, 0.15) is 251 Å². The van der Waals surface area contributed by atoms with Crippen molar-refractivity contribution in [2.24, 2.45) is 0 Å². The molecule has 0 amide bonds. The van der Waals surface area contributed by atoms with Gasteiger partial charge in [-0.1, -0.05) is 230 Å². The van der Waals surface area contributed by atoms with Gasteiger partial charge < -0.3 is 9.84 Å². The zero-order valence-electron chi connectivity index (χ0n) is 34.5. The molecule has 0 atom stereocenters. The zero-order valence-corrected chi connectivity index (χ0v) is 34.5. The second kappa shape index (κ2) is 46.7. The highest BCUT2D eigenvalue weighted by atomic mass is 16.5. The second-order valence-electron chi connectivity index (χ2n) is 15.4. The van der Waals surface area contributed by atoms with Crippen molar-refractivity contribution in [2.45, 2.75) is 251 Å². The van der Waals surface area contributed by atoms with E-state index in [-0.39, 0.29) is 5.97 Å². The Hall–Kier alpha value is -1.35. The van der Waals surface area contributed by atoms with Crippen LogP contribution in [0.5, 0.6) is 0 Å². The van der Waals surface area contributed by atoms with Gasteiger partial charge in [0.05, 0.1) is 6.61 Å². The first kappa shape index (κ1) is 49.6. The fraction of sp³-hybridized carbons (Fsp3) is 0.854. The van der Waals surface area contributed by atoms with Gasteiger partial charge in [0.25, 0.3) is 0 Å². The van der Waals surface area contributed by atoms with Crippen molar-refractivity contribution in [3.05, 3.63) is 36.5 Å². The molecule has 0 aromatic heterocycles. The van der Waals surface area contributed by atoms with Gasteiger partial charge in [-0.3, -0.25) is 4.79 Å². The number of rotatable bonds is 43. The van der Waals surface area contributed by atoms with Gasteiger partial charge in [-0.25, -0.2) is 0 Å². The summed E-state index contributed by atoms with van der Waals surface area (Å²) in [6, 6.07) is 0. The van der Waals surface area contributed by atoms with Crippen molar-refractivity contribution >= 4 is 5.97 Å². The third kappa shape index (κ3) is 46.6. The van der Waals surface area contributed by atoms with E-state index in [1.807, 2.05) is 0 Å². The minimum atomic E-state index is 0.00688. The third-order valence-corrected chi connectivity index (χ3v) is 10.3. The number of hydrogen-bond acceptors (Lipinski definition) is 3. The van der Waals surface area contributed by atoms with Crippen LogP contribution in [0.15, 0.2) is 36.5 Å². The van der Waals surface area contributed by atoms with Gasteiger partial charge in [-0.2, -0.15) is 0 Å². The van der Waals surface area contributed by atoms with Crippen LogP contribution in [-0.4, -0.2) is 24.3 Å². The molecular weight excluding hydrogens is 625 g/mol. The molecule has 0 fully saturated rings. The number of esters is 1. The molecule has 0 aromatic carbocycles. The second-order valence-corrected chi connectivity index (χ2v) is 15.4. The average molecular weight is 715 g/mol. The number of carbonyl (C=O) groups excluding carboxylic acids is 1. The Morgan fingerprint density at radius 3 is 1.10 bits per heavy atom. The van der Waals surface area contributed by atoms with Crippen LogP contribution in [0.2, 0.25) is 0 Å². The Morgan fingerprint density at radius 1 is 0.392 bits per heavy atom. The maximum atomic E-state index is 12.0. The highest BCUT2D eigenvalue weighted by Crippen LogP contribution is 2.16.